The summed E-state index contributed by atoms with van der Waals surface area (Å²) in [5, 5.41) is 9.21. The molecule has 2 rings (SSSR count). The lowest BCUT2D eigenvalue weighted by Crippen LogP contribution is -2.52. The SMILES string of the molecule is CN(Cc1ccncc1)C(=O)N1CCCCC1C(=O)O. The third-order valence-corrected chi connectivity index (χ3v) is 3.53. The van der Waals surface area contributed by atoms with Gasteiger partial charge in [-0.1, -0.05) is 0 Å². The van der Waals surface area contributed by atoms with Crippen LogP contribution >= 0.6 is 0 Å². The number of likely N-dealkylation sites (tertiary alicyclic amines) is 1. The largest absolute Gasteiger partial charge is 0.480 e. The third kappa shape index (κ3) is 3.26. The Balaban J connectivity index is 2.03. The minimum absolute atomic E-state index is 0.228. The number of aromatic nitrogens is 1. The van der Waals surface area contributed by atoms with Crippen LogP contribution in [0.25, 0.3) is 0 Å². The van der Waals surface area contributed by atoms with Gasteiger partial charge in [-0.2, -0.15) is 0 Å². The Bertz CT molecular complexity index is 478. The molecule has 0 bridgehead atoms. The molecule has 6 nitrogen and oxygen atoms in total. The molecule has 0 aromatic carbocycles. The number of hydrogen-bond acceptors (Lipinski definition) is 3. The summed E-state index contributed by atoms with van der Waals surface area (Å²) in [6.45, 7) is 0.959. The maximum Gasteiger partial charge on any atom is 0.326 e. The van der Waals surface area contributed by atoms with Crippen LogP contribution in [0.5, 0.6) is 0 Å². The number of carboxylic acid groups (broad SMARTS) is 1. The van der Waals surface area contributed by atoms with Crippen molar-refractivity contribution >= 4 is 12.0 Å². The second kappa shape index (κ2) is 6.36. The van der Waals surface area contributed by atoms with E-state index < -0.39 is 12.0 Å². The molecule has 1 N–H and O–H groups in total. The molecule has 1 unspecified atom stereocenters. The van der Waals surface area contributed by atoms with E-state index in [-0.39, 0.29) is 6.03 Å². The maximum atomic E-state index is 12.4. The summed E-state index contributed by atoms with van der Waals surface area (Å²) in [6, 6.07) is 2.76. The number of hydrogen-bond donors (Lipinski definition) is 1. The van der Waals surface area contributed by atoms with Crippen LogP contribution in [-0.4, -0.2) is 51.5 Å². The van der Waals surface area contributed by atoms with Crippen LogP contribution in [0.3, 0.4) is 0 Å². The average molecular weight is 277 g/mol. The van der Waals surface area contributed by atoms with Gasteiger partial charge >= 0.3 is 12.0 Å². The van der Waals surface area contributed by atoms with Crippen LogP contribution in [0.2, 0.25) is 0 Å². The minimum atomic E-state index is -0.921. The Kier molecular flexibility index (Phi) is 4.55. The topological polar surface area (TPSA) is 73.7 Å². The van der Waals surface area contributed by atoms with Crippen molar-refractivity contribution in [3.63, 3.8) is 0 Å². The summed E-state index contributed by atoms with van der Waals surface area (Å²) in [6.07, 6.45) is 5.60. The molecule has 1 saturated heterocycles. The van der Waals surface area contributed by atoms with E-state index in [0.29, 0.717) is 19.5 Å². The van der Waals surface area contributed by atoms with E-state index in [0.717, 1.165) is 18.4 Å². The number of pyridine rings is 1. The number of piperidine rings is 1. The standard InChI is InChI=1S/C14H19N3O3/c1-16(10-11-5-7-15-8-6-11)14(20)17-9-3-2-4-12(17)13(18)19/h5-8,12H,2-4,9-10H2,1H3,(H,18,19). The van der Waals surface area contributed by atoms with E-state index in [1.165, 1.54) is 4.90 Å². The molecule has 2 amide bonds. The zero-order chi connectivity index (χ0) is 14.5. The van der Waals surface area contributed by atoms with E-state index in [1.54, 1.807) is 24.3 Å². The van der Waals surface area contributed by atoms with Gasteiger partial charge in [0.25, 0.3) is 0 Å². The highest BCUT2D eigenvalue weighted by molar-refractivity contribution is 5.82. The first kappa shape index (κ1) is 14.3. The first-order chi connectivity index (χ1) is 9.59. The summed E-state index contributed by atoms with van der Waals surface area (Å²) in [7, 11) is 1.69. The lowest BCUT2D eigenvalue weighted by Gasteiger charge is -2.35. The average Bonchev–Trinajstić information content (AvgIpc) is 2.47. The van der Waals surface area contributed by atoms with E-state index in [4.69, 9.17) is 0 Å². The highest BCUT2D eigenvalue weighted by Crippen LogP contribution is 2.19. The van der Waals surface area contributed by atoms with Crippen molar-refractivity contribution in [3.8, 4) is 0 Å². The lowest BCUT2D eigenvalue weighted by atomic mass is 10.0. The van der Waals surface area contributed by atoms with Crippen molar-refractivity contribution < 1.29 is 14.7 Å². The predicted octanol–water partition coefficient (Wildman–Crippen LogP) is 1.57. The monoisotopic (exact) mass is 277 g/mol. The first-order valence-electron chi connectivity index (χ1n) is 6.73. The molecule has 6 heteroatoms. The van der Waals surface area contributed by atoms with Crippen molar-refractivity contribution in [2.24, 2.45) is 0 Å². The second-order valence-electron chi connectivity index (χ2n) is 5.04. The molecular formula is C14H19N3O3. The molecule has 2 heterocycles. The van der Waals surface area contributed by atoms with Gasteiger partial charge in [0, 0.05) is 32.5 Å². The smallest absolute Gasteiger partial charge is 0.326 e. The Morgan fingerprint density at radius 3 is 2.75 bits per heavy atom. The Labute approximate surface area is 118 Å². The second-order valence-corrected chi connectivity index (χ2v) is 5.04. The lowest BCUT2D eigenvalue weighted by molar-refractivity contribution is -0.143. The number of nitrogens with zero attached hydrogens (tertiary/aromatic N) is 3. The molecule has 0 saturated carbocycles. The number of aliphatic carboxylic acids is 1. The minimum Gasteiger partial charge on any atom is -0.480 e. The Hall–Kier alpha value is -2.11. The summed E-state index contributed by atoms with van der Waals surface area (Å²) in [5.74, 6) is -0.921. The highest BCUT2D eigenvalue weighted by atomic mass is 16.4. The fourth-order valence-electron chi connectivity index (χ4n) is 2.47. The van der Waals surface area contributed by atoms with E-state index in [9.17, 15) is 14.7 Å². The van der Waals surface area contributed by atoms with Gasteiger partial charge in [-0.05, 0) is 37.0 Å². The molecule has 0 radical (unpaired) electrons. The van der Waals surface area contributed by atoms with Gasteiger partial charge in [0.1, 0.15) is 6.04 Å². The molecule has 20 heavy (non-hydrogen) atoms. The maximum absolute atomic E-state index is 12.4. The molecule has 0 aliphatic carbocycles. The molecule has 1 fully saturated rings. The van der Waals surface area contributed by atoms with Gasteiger partial charge in [0.2, 0.25) is 0 Å². The van der Waals surface area contributed by atoms with Crippen LogP contribution < -0.4 is 0 Å². The zero-order valence-electron chi connectivity index (χ0n) is 11.5. The van der Waals surface area contributed by atoms with Crippen molar-refractivity contribution in [3.05, 3.63) is 30.1 Å². The van der Waals surface area contributed by atoms with E-state index in [2.05, 4.69) is 4.98 Å². The molecule has 1 atom stereocenters. The number of carbonyl (C=O) groups is 2. The molecule has 1 aromatic heterocycles. The van der Waals surface area contributed by atoms with Gasteiger partial charge in [-0.3, -0.25) is 4.98 Å². The molecule has 0 spiro atoms. The Morgan fingerprint density at radius 1 is 1.40 bits per heavy atom. The number of rotatable bonds is 3. The van der Waals surface area contributed by atoms with Crippen LogP contribution in [0, 0.1) is 0 Å². The molecule has 108 valence electrons. The van der Waals surface area contributed by atoms with E-state index >= 15 is 0 Å². The zero-order valence-corrected chi connectivity index (χ0v) is 11.5. The number of carboxylic acids is 1. The van der Waals surface area contributed by atoms with Gasteiger partial charge in [-0.15, -0.1) is 0 Å². The van der Waals surface area contributed by atoms with Crippen LogP contribution in [0.1, 0.15) is 24.8 Å². The molecule has 1 aliphatic heterocycles. The normalized spacial score (nSPS) is 18.6. The summed E-state index contributed by atoms with van der Waals surface area (Å²) in [5.41, 5.74) is 0.972. The van der Waals surface area contributed by atoms with Gasteiger partial charge in [0.15, 0.2) is 0 Å². The quantitative estimate of drug-likeness (QED) is 0.910. The number of amides is 2. The highest BCUT2D eigenvalue weighted by Gasteiger charge is 2.33. The van der Waals surface area contributed by atoms with Gasteiger partial charge < -0.3 is 14.9 Å². The number of carbonyl (C=O) groups excluding carboxylic acids is 1. The van der Waals surface area contributed by atoms with E-state index in [1.807, 2.05) is 12.1 Å². The number of urea groups is 1. The van der Waals surface area contributed by atoms with Crippen molar-refractivity contribution in [1.29, 1.82) is 0 Å². The Morgan fingerprint density at radius 2 is 2.10 bits per heavy atom. The van der Waals surface area contributed by atoms with Gasteiger partial charge in [-0.25, -0.2) is 9.59 Å². The summed E-state index contributed by atoms with van der Waals surface area (Å²) < 4.78 is 0. The van der Waals surface area contributed by atoms with Gasteiger partial charge in [0.05, 0.1) is 0 Å². The van der Waals surface area contributed by atoms with Crippen LogP contribution in [-0.2, 0) is 11.3 Å². The molecule has 1 aromatic rings. The third-order valence-electron chi connectivity index (χ3n) is 3.53. The van der Waals surface area contributed by atoms with Crippen molar-refractivity contribution in [1.82, 2.24) is 14.8 Å². The van der Waals surface area contributed by atoms with Crippen molar-refractivity contribution in [2.75, 3.05) is 13.6 Å². The summed E-state index contributed by atoms with van der Waals surface area (Å²) in [4.78, 5) is 30.6. The summed E-state index contributed by atoms with van der Waals surface area (Å²) >= 11 is 0. The molecule has 1 aliphatic rings. The first-order valence-corrected chi connectivity index (χ1v) is 6.73. The van der Waals surface area contributed by atoms with Crippen LogP contribution in [0.15, 0.2) is 24.5 Å². The fraction of sp³-hybridized carbons (Fsp3) is 0.500. The predicted molar refractivity (Wildman–Crippen MR) is 73.1 cm³/mol. The van der Waals surface area contributed by atoms with Crippen molar-refractivity contribution in [2.45, 2.75) is 31.8 Å². The molecular weight excluding hydrogens is 258 g/mol. The fourth-order valence-corrected chi connectivity index (χ4v) is 2.47. The van der Waals surface area contributed by atoms with Crippen LogP contribution in [0.4, 0.5) is 4.79 Å².